The fraction of sp³-hybridized carbons (Fsp3) is 0.444. The minimum absolute atomic E-state index is 0.459. The highest BCUT2D eigenvalue weighted by Gasteiger charge is 2.32. The van der Waals surface area contributed by atoms with Gasteiger partial charge in [-0.25, -0.2) is 4.79 Å². The number of carbonyl (C=O) groups is 1. The zero-order chi connectivity index (χ0) is 13.1. The summed E-state index contributed by atoms with van der Waals surface area (Å²) in [5, 5.41) is 3.81. The van der Waals surface area contributed by atoms with Gasteiger partial charge in [0.15, 0.2) is 0 Å². The van der Waals surface area contributed by atoms with Crippen molar-refractivity contribution in [2.24, 2.45) is 0 Å². The number of thiophene rings is 1. The second-order valence-corrected chi connectivity index (χ2v) is 4.89. The van der Waals surface area contributed by atoms with Crippen molar-refractivity contribution >= 4 is 33.2 Å². The Hall–Kier alpha value is -0.600. The van der Waals surface area contributed by atoms with Crippen LogP contribution in [-0.4, -0.2) is 25.8 Å². The van der Waals surface area contributed by atoms with Gasteiger partial charge in [-0.2, -0.15) is 13.2 Å². The van der Waals surface area contributed by atoms with Crippen molar-refractivity contribution < 1.29 is 22.7 Å². The molecule has 0 aliphatic rings. The van der Waals surface area contributed by atoms with Gasteiger partial charge in [-0.15, -0.1) is 11.3 Å². The van der Waals surface area contributed by atoms with Crippen LogP contribution >= 0.6 is 27.3 Å². The fourth-order valence-electron chi connectivity index (χ4n) is 1.13. The SMILES string of the molecule is COC(=O)C(NCC(F)(F)F)c1sccc1Br. The molecule has 3 nitrogen and oxygen atoms in total. The van der Waals surface area contributed by atoms with E-state index < -0.39 is 24.7 Å². The average molecular weight is 332 g/mol. The van der Waals surface area contributed by atoms with Crippen molar-refractivity contribution in [3.63, 3.8) is 0 Å². The number of hydrogen-bond acceptors (Lipinski definition) is 4. The highest BCUT2D eigenvalue weighted by molar-refractivity contribution is 9.10. The Morgan fingerprint density at radius 1 is 1.65 bits per heavy atom. The van der Waals surface area contributed by atoms with Crippen molar-refractivity contribution in [3.05, 3.63) is 20.8 Å². The lowest BCUT2D eigenvalue weighted by atomic mass is 10.2. The Morgan fingerprint density at radius 2 is 2.29 bits per heavy atom. The quantitative estimate of drug-likeness (QED) is 0.862. The second kappa shape index (κ2) is 5.83. The molecule has 8 heteroatoms. The van der Waals surface area contributed by atoms with Crippen molar-refractivity contribution in [2.75, 3.05) is 13.7 Å². The van der Waals surface area contributed by atoms with E-state index in [2.05, 4.69) is 26.0 Å². The number of hydrogen-bond donors (Lipinski definition) is 1. The van der Waals surface area contributed by atoms with Gasteiger partial charge in [0.25, 0.3) is 0 Å². The number of methoxy groups -OCH3 is 1. The van der Waals surface area contributed by atoms with Crippen molar-refractivity contribution in [1.29, 1.82) is 0 Å². The maximum atomic E-state index is 12.1. The van der Waals surface area contributed by atoms with Crippen LogP contribution in [-0.2, 0) is 9.53 Å². The standard InChI is InChI=1S/C9H9BrF3NO2S/c1-16-8(15)6(14-4-9(11,12)13)7-5(10)2-3-17-7/h2-3,6,14H,4H2,1H3. The summed E-state index contributed by atoms with van der Waals surface area (Å²) in [6.45, 7) is -1.25. The molecule has 0 saturated heterocycles. The molecule has 0 bridgehead atoms. The van der Waals surface area contributed by atoms with E-state index in [4.69, 9.17) is 0 Å². The van der Waals surface area contributed by atoms with E-state index in [1.54, 1.807) is 11.4 Å². The molecule has 1 atom stereocenters. The van der Waals surface area contributed by atoms with Gasteiger partial charge in [0.1, 0.15) is 6.04 Å². The Labute approximate surface area is 108 Å². The van der Waals surface area contributed by atoms with Crippen LogP contribution in [0.2, 0.25) is 0 Å². The molecule has 1 N–H and O–H groups in total. The topological polar surface area (TPSA) is 38.3 Å². The predicted octanol–water partition coefficient (Wildman–Crippen LogP) is 2.88. The lowest BCUT2D eigenvalue weighted by Crippen LogP contribution is -2.36. The summed E-state index contributed by atoms with van der Waals surface area (Å²) in [6.07, 6.45) is -4.38. The van der Waals surface area contributed by atoms with E-state index in [1.165, 1.54) is 11.3 Å². The van der Waals surface area contributed by atoms with E-state index >= 15 is 0 Å². The van der Waals surface area contributed by atoms with Gasteiger partial charge in [-0.1, -0.05) is 0 Å². The number of rotatable bonds is 4. The van der Waals surface area contributed by atoms with E-state index in [1.807, 2.05) is 0 Å². The highest BCUT2D eigenvalue weighted by atomic mass is 79.9. The highest BCUT2D eigenvalue weighted by Crippen LogP contribution is 2.30. The molecule has 1 rings (SSSR count). The van der Waals surface area contributed by atoms with Crippen LogP contribution in [0.3, 0.4) is 0 Å². The first kappa shape index (κ1) is 14.5. The van der Waals surface area contributed by atoms with Crippen LogP contribution < -0.4 is 5.32 Å². The molecule has 1 aromatic rings. The van der Waals surface area contributed by atoms with Gasteiger partial charge in [-0.3, -0.25) is 5.32 Å². The van der Waals surface area contributed by atoms with Gasteiger partial charge in [0.2, 0.25) is 0 Å². The largest absolute Gasteiger partial charge is 0.468 e. The molecular weight excluding hydrogens is 323 g/mol. The molecule has 1 heterocycles. The third-order valence-corrected chi connectivity index (χ3v) is 3.79. The van der Waals surface area contributed by atoms with Gasteiger partial charge in [0.05, 0.1) is 13.7 Å². The second-order valence-electron chi connectivity index (χ2n) is 3.09. The Kier molecular flexibility index (Phi) is 4.96. The summed E-state index contributed by atoms with van der Waals surface area (Å²) in [5.41, 5.74) is 0. The molecule has 0 spiro atoms. The number of halogens is 4. The van der Waals surface area contributed by atoms with Gasteiger partial charge in [-0.05, 0) is 27.4 Å². The summed E-state index contributed by atoms with van der Waals surface area (Å²) in [6, 6.07) is 0.543. The molecule has 0 fully saturated rings. The van der Waals surface area contributed by atoms with Crippen LogP contribution in [0.25, 0.3) is 0 Å². The third kappa shape index (κ3) is 4.29. The zero-order valence-electron chi connectivity index (χ0n) is 8.68. The molecule has 1 aromatic heterocycles. The summed E-state index contributed by atoms with van der Waals surface area (Å²) < 4.78 is 41.4. The molecule has 17 heavy (non-hydrogen) atoms. The number of alkyl halides is 3. The minimum atomic E-state index is -4.38. The number of carbonyl (C=O) groups excluding carboxylic acids is 1. The van der Waals surface area contributed by atoms with E-state index in [9.17, 15) is 18.0 Å². The van der Waals surface area contributed by atoms with E-state index in [0.717, 1.165) is 7.11 Å². The molecule has 96 valence electrons. The predicted molar refractivity (Wildman–Crippen MR) is 60.8 cm³/mol. The van der Waals surface area contributed by atoms with Gasteiger partial charge < -0.3 is 4.74 Å². The zero-order valence-corrected chi connectivity index (χ0v) is 11.1. The first-order valence-electron chi connectivity index (χ1n) is 4.46. The molecule has 0 saturated carbocycles. The number of nitrogens with one attached hydrogen (secondary N) is 1. The summed E-state index contributed by atoms with van der Waals surface area (Å²) >= 11 is 4.34. The Bertz CT molecular complexity index is 394. The normalized spacial score (nSPS) is 13.5. The Balaban J connectivity index is 2.83. The number of ether oxygens (including phenoxy) is 1. The first-order valence-corrected chi connectivity index (χ1v) is 6.13. The van der Waals surface area contributed by atoms with E-state index in [-0.39, 0.29) is 0 Å². The molecule has 0 radical (unpaired) electrons. The average Bonchev–Trinajstić information content (AvgIpc) is 2.63. The smallest absolute Gasteiger partial charge is 0.401 e. The van der Waals surface area contributed by atoms with E-state index in [0.29, 0.717) is 9.35 Å². The fourth-order valence-corrected chi connectivity index (χ4v) is 2.79. The van der Waals surface area contributed by atoms with Crippen molar-refractivity contribution in [2.45, 2.75) is 12.2 Å². The van der Waals surface area contributed by atoms with Crippen LogP contribution in [0.4, 0.5) is 13.2 Å². The lowest BCUT2D eigenvalue weighted by molar-refractivity contribution is -0.146. The van der Waals surface area contributed by atoms with Crippen LogP contribution in [0.15, 0.2) is 15.9 Å². The van der Waals surface area contributed by atoms with Crippen LogP contribution in [0.1, 0.15) is 10.9 Å². The monoisotopic (exact) mass is 331 g/mol. The van der Waals surface area contributed by atoms with Crippen LogP contribution in [0.5, 0.6) is 0 Å². The maximum Gasteiger partial charge on any atom is 0.401 e. The van der Waals surface area contributed by atoms with Gasteiger partial charge in [0, 0.05) is 9.35 Å². The molecule has 0 aromatic carbocycles. The minimum Gasteiger partial charge on any atom is -0.468 e. The number of esters is 1. The first-order chi connectivity index (χ1) is 7.85. The third-order valence-electron chi connectivity index (χ3n) is 1.85. The van der Waals surface area contributed by atoms with Gasteiger partial charge >= 0.3 is 12.1 Å². The summed E-state index contributed by atoms with van der Waals surface area (Å²) in [7, 11) is 1.13. The summed E-state index contributed by atoms with van der Waals surface area (Å²) in [5.74, 6) is -0.752. The molecule has 1 unspecified atom stereocenters. The summed E-state index contributed by atoms with van der Waals surface area (Å²) in [4.78, 5) is 11.9. The molecular formula is C9H9BrF3NO2S. The van der Waals surface area contributed by atoms with Crippen molar-refractivity contribution in [3.8, 4) is 0 Å². The lowest BCUT2D eigenvalue weighted by Gasteiger charge is -2.16. The Morgan fingerprint density at radius 3 is 2.71 bits per heavy atom. The molecule has 0 amide bonds. The molecule has 0 aliphatic heterocycles. The maximum absolute atomic E-state index is 12.1. The van der Waals surface area contributed by atoms with Crippen molar-refractivity contribution in [1.82, 2.24) is 5.32 Å². The molecule has 0 aliphatic carbocycles. The van der Waals surface area contributed by atoms with Crippen LogP contribution in [0, 0.1) is 0 Å².